The average molecular weight is 507 g/mol. The number of anilines is 3. The number of carbonyl (C=O) groups is 1. The van der Waals surface area contributed by atoms with E-state index in [1.165, 1.54) is 11.8 Å². The molecule has 11 heteroatoms. The Kier molecular flexibility index (Phi) is 7.02. The van der Waals surface area contributed by atoms with Crippen molar-refractivity contribution in [3.8, 4) is 0 Å². The Morgan fingerprint density at radius 2 is 2.06 bits per heavy atom. The van der Waals surface area contributed by atoms with Crippen LogP contribution in [0.15, 0.2) is 34.3 Å². The number of benzene rings is 1. The number of nitrogen functional groups attached to an aromatic ring is 2. The van der Waals surface area contributed by atoms with Crippen LogP contribution in [0.4, 0.5) is 22.1 Å². The molecule has 1 spiro atoms. The van der Waals surface area contributed by atoms with Gasteiger partial charge in [0.05, 0.1) is 36.2 Å². The zero-order valence-corrected chi connectivity index (χ0v) is 21.2. The van der Waals surface area contributed by atoms with Gasteiger partial charge in [0.15, 0.2) is 5.82 Å². The molecule has 1 amide bonds. The lowest BCUT2D eigenvalue weighted by atomic mass is 9.74. The number of nitrogens with zero attached hydrogens (tertiary/aromatic N) is 3. The second-order valence-corrected chi connectivity index (χ2v) is 11.2. The molecule has 0 bridgehead atoms. The third-order valence-electron chi connectivity index (χ3n) is 6.14. The van der Waals surface area contributed by atoms with Crippen LogP contribution in [0.5, 0.6) is 0 Å². The fourth-order valence-electron chi connectivity index (χ4n) is 4.30. The van der Waals surface area contributed by atoms with E-state index in [0.29, 0.717) is 34.8 Å². The molecule has 9 nitrogen and oxygen atoms in total. The van der Waals surface area contributed by atoms with E-state index in [4.69, 9.17) is 32.5 Å². The number of hydrogen-bond donors (Lipinski definition) is 3. The first-order valence-electron chi connectivity index (χ1n) is 11.2. The van der Waals surface area contributed by atoms with Crippen molar-refractivity contribution in [2.75, 3.05) is 42.7 Å². The standard InChI is InChI=1S/C23H31ClN6O3S/c1-22(2,3)33-21(31)28-16-12-32-13-23(16)7-9-30(10-8-23)17-11-27-20(19(26)29-17)34-15-6-4-5-14(25)18(15)24/h4-6,11,16H,7-10,12-13,25H2,1-3H3,(H2,26,29)(H,28,31)/t16-/m1/s1. The van der Waals surface area contributed by atoms with Crippen molar-refractivity contribution in [2.24, 2.45) is 5.41 Å². The highest BCUT2D eigenvalue weighted by Crippen LogP contribution is 2.41. The topological polar surface area (TPSA) is 129 Å². The van der Waals surface area contributed by atoms with Crippen molar-refractivity contribution in [3.63, 3.8) is 0 Å². The molecule has 2 saturated heterocycles. The molecule has 2 aliphatic rings. The minimum Gasteiger partial charge on any atom is -0.444 e. The first-order chi connectivity index (χ1) is 16.1. The number of nitrogens with one attached hydrogen (secondary N) is 1. The van der Waals surface area contributed by atoms with Crippen LogP contribution in [0.1, 0.15) is 33.6 Å². The molecule has 0 saturated carbocycles. The van der Waals surface area contributed by atoms with Crippen molar-refractivity contribution in [1.82, 2.24) is 15.3 Å². The second-order valence-electron chi connectivity index (χ2n) is 9.74. The SMILES string of the molecule is CC(C)(C)OC(=O)N[C@@H]1COCC12CCN(c1cnc(Sc3cccc(N)c3Cl)c(N)n1)CC2. The summed E-state index contributed by atoms with van der Waals surface area (Å²) in [5.41, 5.74) is 12.0. The van der Waals surface area contributed by atoms with Crippen LogP contribution < -0.4 is 21.7 Å². The Morgan fingerprint density at radius 1 is 1.32 bits per heavy atom. The summed E-state index contributed by atoms with van der Waals surface area (Å²) in [4.78, 5) is 24.4. The molecule has 0 aliphatic carbocycles. The van der Waals surface area contributed by atoms with Crippen molar-refractivity contribution in [3.05, 3.63) is 29.4 Å². The van der Waals surface area contributed by atoms with Crippen LogP contribution in [0, 0.1) is 5.41 Å². The van der Waals surface area contributed by atoms with Gasteiger partial charge in [-0.25, -0.2) is 14.8 Å². The van der Waals surface area contributed by atoms with E-state index in [2.05, 4.69) is 20.2 Å². The summed E-state index contributed by atoms with van der Waals surface area (Å²) in [6.45, 7) is 8.19. The molecule has 1 aromatic carbocycles. The van der Waals surface area contributed by atoms with E-state index >= 15 is 0 Å². The van der Waals surface area contributed by atoms with Gasteiger partial charge in [-0.2, -0.15) is 0 Å². The van der Waals surface area contributed by atoms with E-state index in [1.54, 1.807) is 12.3 Å². The van der Waals surface area contributed by atoms with E-state index in [1.807, 2.05) is 32.9 Å². The number of aromatic nitrogens is 2. The highest BCUT2D eigenvalue weighted by Gasteiger charge is 2.47. The molecule has 1 aromatic heterocycles. The Morgan fingerprint density at radius 3 is 2.74 bits per heavy atom. The van der Waals surface area contributed by atoms with Gasteiger partial charge in [0.1, 0.15) is 16.4 Å². The van der Waals surface area contributed by atoms with E-state index in [0.717, 1.165) is 36.6 Å². The van der Waals surface area contributed by atoms with Crippen LogP contribution in [0.3, 0.4) is 0 Å². The number of alkyl carbamates (subject to hydrolysis) is 1. The van der Waals surface area contributed by atoms with Gasteiger partial charge < -0.3 is 31.2 Å². The van der Waals surface area contributed by atoms with E-state index < -0.39 is 11.7 Å². The Labute approximate surface area is 208 Å². The molecular formula is C23H31ClN6O3S. The molecule has 2 fully saturated rings. The summed E-state index contributed by atoms with van der Waals surface area (Å²) in [5.74, 6) is 1.07. The third kappa shape index (κ3) is 5.45. The van der Waals surface area contributed by atoms with Crippen LogP contribution in [0.2, 0.25) is 5.02 Å². The fraction of sp³-hybridized carbons (Fsp3) is 0.522. The second kappa shape index (κ2) is 9.67. The van der Waals surface area contributed by atoms with E-state index in [-0.39, 0.29) is 11.5 Å². The predicted octanol–water partition coefficient (Wildman–Crippen LogP) is 3.96. The van der Waals surface area contributed by atoms with Crippen molar-refractivity contribution in [1.29, 1.82) is 0 Å². The smallest absolute Gasteiger partial charge is 0.407 e. The zero-order chi connectivity index (χ0) is 24.5. The van der Waals surface area contributed by atoms with Gasteiger partial charge >= 0.3 is 6.09 Å². The molecular weight excluding hydrogens is 476 g/mol. The summed E-state index contributed by atoms with van der Waals surface area (Å²) >= 11 is 7.63. The Balaban J connectivity index is 1.39. The molecule has 34 heavy (non-hydrogen) atoms. The maximum absolute atomic E-state index is 12.3. The Hall–Kier alpha value is -2.43. The predicted molar refractivity (Wildman–Crippen MR) is 134 cm³/mol. The maximum Gasteiger partial charge on any atom is 0.407 e. The molecule has 184 valence electrons. The molecule has 0 radical (unpaired) electrons. The number of piperidine rings is 1. The highest BCUT2D eigenvalue weighted by molar-refractivity contribution is 7.99. The minimum absolute atomic E-state index is 0.0810. The van der Waals surface area contributed by atoms with Crippen molar-refractivity contribution in [2.45, 2.75) is 55.2 Å². The third-order valence-corrected chi connectivity index (χ3v) is 7.74. The molecule has 4 rings (SSSR count). The fourth-order valence-corrected chi connectivity index (χ4v) is 5.36. The molecule has 5 N–H and O–H groups in total. The highest BCUT2D eigenvalue weighted by atomic mass is 35.5. The first-order valence-corrected chi connectivity index (χ1v) is 12.4. The van der Waals surface area contributed by atoms with E-state index in [9.17, 15) is 4.79 Å². The van der Waals surface area contributed by atoms with Crippen LogP contribution in [-0.4, -0.2) is 54.0 Å². The summed E-state index contributed by atoms with van der Waals surface area (Å²) in [6.07, 6.45) is 3.03. The number of rotatable bonds is 4. The van der Waals surface area contributed by atoms with Gasteiger partial charge in [-0.05, 0) is 45.7 Å². The lowest BCUT2D eigenvalue weighted by Gasteiger charge is -2.42. The van der Waals surface area contributed by atoms with Crippen LogP contribution in [0.25, 0.3) is 0 Å². The van der Waals surface area contributed by atoms with Gasteiger partial charge in [0.2, 0.25) is 0 Å². The van der Waals surface area contributed by atoms with Crippen LogP contribution in [-0.2, 0) is 9.47 Å². The molecule has 2 aliphatic heterocycles. The monoisotopic (exact) mass is 506 g/mol. The minimum atomic E-state index is -0.540. The van der Waals surface area contributed by atoms with Crippen LogP contribution >= 0.6 is 23.4 Å². The summed E-state index contributed by atoms with van der Waals surface area (Å²) in [5, 5.41) is 4.08. The average Bonchev–Trinajstić information content (AvgIpc) is 3.13. The number of carbonyl (C=O) groups excluding carboxylic acids is 1. The van der Waals surface area contributed by atoms with Gasteiger partial charge in [-0.3, -0.25) is 0 Å². The lowest BCUT2D eigenvalue weighted by molar-refractivity contribution is 0.0456. The van der Waals surface area contributed by atoms with Gasteiger partial charge in [0, 0.05) is 23.4 Å². The number of hydrogen-bond acceptors (Lipinski definition) is 9. The summed E-state index contributed by atoms with van der Waals surface area (Å²) in [7, 11) is 0. The maximum atomic E-state index is 12.3. The van der Waals surface area contributed by atoms with Gasteiger partial charge in [-0.1, -0.05) is 29.4 Å². The number of halogens is 1. The molecule has 2 aromatic rings. The normalized spacial score (nSPS) is 19.9. The molecule has 1 atom stereocenters. The number of amides is 1. The lowest BCUT2D eigenvalue weighted by Crippen LogP contribution is -2.53. The van der Waals surface area contributed by atoms with Gasteiger partial charge in [0.25, 0.3) is 0 Å². The molecule has 3 heterocycles. The van der Waals surface area contributed by atoms with Crippen molar-refractivity contribution >= 4 is 46.8 Å². The first kappa shape index (κ1) is 24.7. The number of ether oxygens (including phenoxy) is 2. The molecule has 0 unspecified atom stereocenters. The number of nitrogens with two attached hydrogens (primary N) is 2. The summed E-state index contributed by atoms with van der Waals surface area (Å²) < 4.78 is 11.2. The Bertz CT molecular complexity index is 1060. The zero-order valence-electron chi connectivity index (χ0n) is 19.6. The van der Waals surface area contributed by atoms with Gasteiger partial charge in [-0.15, -0.1) is 0 Å². The van der Waals surface area contributed by atoms with Crippen molar-refractivity contribution < 1.29 is 14.3 Å². The largest absolute Gasteiger partial charge is 0.444 e. The summed E-state index contributed by atoms with van der Waals surface area (Å²) in [6, 6.07) is 5.37. The quantitative estimate of drug-likeness (QED) is 0.527.